The van der Waals surface area contributed by atoms with Gasteiger partial charge >= 0.3 is 6.03 Å². The number of primary amides is 1. The van der Waals surface area contributed by atoms with Gasteiger partial charge in [-0.3, -0.25) is 0 Å². The van der Waals surface area contributed by atoms with Crippen LogP contribution >= 0.6 is 0 Å². The number of carbonyl (C=O) groups is 1. The van der Waals surface area contributed by atoms with Crippen LogP contribution in [0.4, 0.5) is 4.79 Å². The summed E-state index contributed by atoms with van der Waals surface area (Å²) in [5, 5.41) is 2.89. The maximum Gasteiger partial charge on any atom is 0.312 e. The van der Waals surface area contributed by atoms with E-state index in [1.54, 1.807) is 0 Å². The monoisotopic (exact) mass is 168 g/mol. The molecule has 0 aromatic rings. The first-order valence-electron chi connectivity index (χ1n) is 4.68. The molecule has 12 heavy (non-hydrogen) atoms. The van der Waals surface area contributed by atoms with Crippen LogP contribution < -0.4 is 11.1 Å². The summed E-state index contributed by atoms with van der Waals surface area (Å²) in [6.07, 6.45) is 5.03. The van der Waals surface area contributed by atoms with Gasteiger partial charge in [0.05, 0.1) is 0 Å². The first-order valence-corrected chi connectivity index (χ1v) is 4.68. The normalized spacial score (nSPS) is 44.8. The topological polar surface area (TPSA) is 55.1 Å². The van der Waals surface area contributed by atoms with E-state index >= 15 is 0 Å². The van der Waals surface area contributed by atoms with E-state index in [9.17, 15) is 4.79 Å². The van der Waals surface area contributed by atoms with Crippen LogP contribution in [0.25, 0.3) is 0 Å². The Morgan fingerprint density at radius 2 is 2.33 bits per heavy atom. The first kappa shape index (κ1) is 7.90. The Kier molecular flexibility index (Phi) is 1.56. The molecule has 0 saturated heterocycles. The average molecular weight is 168 g/mol. The molecule has 0 aromatic heterocycles. The van der Waals surface area contributed by atoms with E-state index in [-0.39, 0.29) is 11.6 Å². The SMILES string of the molecule is C[C@@]1(NC(N)=O)C[C@H]2CC[C@@H]1C2. The van der Waals surface area contributed by atoms with E-state index in [0.717, 1.165) is 12.3 Å². The van der Waals surface area contributed by atoms with Crippen molar-refractivity contribution in [2.45, 2.75) is 38.1 Å². The summed E-state index contributed by atoms with van der Waals surface area (Å²) in [6, 6.07) is -0.370. The molecule has 3 atom stereocenters. The maximum absolute atomic E-state index is 10.7. The fraction of sp³-hybridized carbons (Fsp3) is 0.889. The summed E-state index contributed by atoms with van der Waals surface area (Å²) >= 11 is 0. The van der Waals surface area contributed by atoms with E-state index in [1.807, 2.05) is 0 Å². The molecule has 2 amide bonds. The van der Waals surface area contributed by atoms with Gasteiger partial charge in [-0.1, -0.05) is 0 Å². The number of carbonyl (C=O) groups excluding carboxylic acids is 1. The highest BCUT2D eigenvalue weighted by atomic mass is 16.2. The van der Waals surface area contributed by atoms with Crippen LogP contribution in [0.3, 0.4) is 0 Å². The molecular formula is C9H16N2O. The molecular weight excluding hydrogens is 152 g/mol. The van der Waals surface area contributed by atoms with Crippen molar-refractivity contribution < 1.29 is 4.79 Å². The number of nitrogens with one attached hydrogen (secondary N) is 1. The zero-order valence-corrected chi connectivity index (χ0v) is 7.47. The van der Waals surface area contributed by atoms with Crippen molar-refractivity contribution in [3.05, 3.63) is 0 Å². The van der Waals surface area contributed by atoms with Gasteiger partial charge in [0, 0.05) is 5.54 Å². The minimum atomic E-state index is -0.370. The number of rotatable bonds is 1. The third kappa shape index (κ3) is 1.08. The second-order valence-electron chi connectivity index (χ2n) is 4.49. The molecule has 2 fully saturated rings. The quantitative estimate of drug-likeness (QED) is 0.608. The highest BCUT2D eigenvalue weighted by Crippen LogP contribution is 2.50. The zero-order valence-electron chi connectivity index (χ0n) is 7.47. The number of fused-ring (bicyclic) bond motifs is 2. The Labute approximate surface area is 72.7 Å². The molecule has 68 valence electrons. The van der Waals surface area contributed by atoms with Crippen molar-refractivity contribution in [3.8, 4) is 0 Å². The molecule has 0 aliphatic heterocycles. The van der Waals surface area contributed by atoms with Crippen LogP contribution in [0.1, 0.15) is 32.6 Å². The molecule has 2 rings (SSSR count). The molecule has 2 bridgehead atoms. The largest absolute Gasteiger partial charge is 0.352 e. The predicted octanol–water partition coefficient (Wildman–Crippen LogP) is 1.23. The summed E-state index contributed by atoms with van der Waals surface area (Å²) in [4.78, 5) is 10.7. The van der Waals surface area contributed by atoms with Gasteiger partial charge in [0.2, 0.25) is 0 Å². The molecule has 3 nitrogen and oxygen atoms in total. The Balaban J connectivity index is 2.07. The van der Waals surface area contributed by atoms with E-state index in [1.165, 1.54) is 19.3 Å². The summed E-state index contributed by atoms with van der Waals surface area (Å²) in [5.74, 6) is 1.52. The van der Waals surface area contributed by atoms with Gasteiger partial charge in [0.25, 0.3) is 0 Å². The van der Waals surface area contributed by atoms with Gasteiger partial charge in [-0.05, 0) is 44.4 Å². The Bertz CT molecular complexity index is 217. The molecule has 0 unspecified atom stereocenters. The van der Waals surface area contributed by atoms with Crippen molar-refractivity contribution in [2.24, 2.45) is 17.6 Å². The summed E-state index contributed by atoms with van der Waals surface area (Å²) < 4.78 is 0. The highest BCUT2D eigenvalue weighted by Gasteiger charge is 2.48. The van der Waals surface area contributed by atoms with Gasteiger partial charge in [0.15, 0.2) is 0 Å². The fourth-order valence-electron chi connectivity index (χ4n) is 3.04. The first-order chi connectivity index (χ1) is 5.60. The predicted molar refractivity (Wildman–Crippen MR) is 46.6 cm³/mol. The molecule has 0 spiro atoms. The molecule has 3 heteroatoms. The van der Waals surface area contributed by atoms with E-state index < -0.39 is 0 Å². The highest BCUT2D eigenvalue weighted by molar-refractivity contribution is 5.72. The Morgan fingerprint density at radius 1 is 1.58 bits per heavy atom. The van der Waals surface area contributed by atoms with Crippen LogP contribution in [-0.2, 0) is 0 Å². The second-order valence-corrected chi connectivity index (χ2v) is 4.49. The number of urea groups is 1. The Morgan fingerprint density at radius 3 is 2.75 bits per heavy atom. The van der Waals surface area contributed by atoms with Crippen LogP contribution in [0.15, 0.2) is 0 Å². The third-order valence-corrected chi connectivity index (χ3v) is 3.56. The lowest BCUT2D eigenvalue weighted by molar-refractivity contribution is 0.209. The van der Waals surface area contributed by atoms with Gasteiger partial charge in [-0.15, -0.1) is 0 Å². The minimum absolute atomic E-state index is 0.00868. The molecule has 0 radical (unpaired) electrons. The van der Waals surface area contributed by atoms with E-state index in [0.29, 0.717) is 5.92 Å². The van der Waals surface area contributed by atoms with Crippen LogP contribution in [0.5, 0.6) is 0 Å². The third-order valence-electron chi connectivity index (χ3n) is 3.56. The Hall–Kier alpha value is -0.730. The van der Waals surface area contributed by atoms with E-state index in [2.05, 4.69) is 12.2 Å². The van der Waals surface area contributed by atoms with Crippen LogP contribution in [-0.4, -0.2) is 11.6 Å². The summed E-state index contributed by atoms with van der Waals surface area (Å²) in [7, 11) is 0. The van der Waals surface area contributed by atoms with Crippen molar-refractivity contribution in [2.75, 3.05) is 0 Å². The standard InChI is InChI=1S/C9H16N2O/c1-9(11-8(10)12)5-6-2-3-7(9)4-6/h6-7H,2-5H2,1H3,(H3,10,11,12)/t6-,7+,9+/m0/s1. The van der Waals surface area contributed by atoms with E-state index in [4.69, 9.17) is 5.73 Å². The average Bonchev–Trinajstić information content (AvgIpc) is 2.42. The molecule has 2 saturated carbocycles. The van der Waals surface area contributed by atoms with Crippen LogP contribution in [0.2, 0.25) is 0 Å². The number of amides is 2. The van der Waals surface area contributed by atoms with Crippen molar-refractivity contribution >= 4 is 6.03 Å². The van der Waals surface area contributed by atoms with Gasteiger partial charge in [-0.2, -0.15) is 0 Å². The molecule has 0 aromatic carbocycles. The summed E-state index contributed by atoms with van der Waals surface area (Å²) in [6.45, 7) is 2.13. The minimum Gasteiger partial charge on any atom is -0.352 e. The lowest BCUT2D eigenvalue weighted by Crippen LogP contribution is -2.51. The fourth-order valence-corrected chi connectivity index (χ4v) is 3.04. The van der Waals surface area contributed by atoms with Gasteiger partial charge in [0.1, 0.15) is 0 Å². The molecule has 2 aliphatic carbocycles. The smallest absolute Gasteiger partial charge is 0.312 e. The second kappa shape index (κ2) is 2.38. The van der Waals surface area contributed by atoms with Crippen molar-refractivity contribution in [3.63, 3.8) is 0 Å². The lowest BCUT2D eigenvalue weighted by atomic mass is 9.83. The maximum atomic E-state index is 10.7. The van der Waals surface area contributed by atoms with Crippen molar-refractivity contribution in [1.29, 1.82) is 0 Å². The molecule has 0 heterocycles. The number of hydrogen-bond acceptors (Lipinski definition) is 1. The molecule has 3 N–H and O–H groups in total. The lowest BCUT2D eigenvalue weighted by Gasteiger charge is -2.34. The molecule has 2 aliphatic rings. The van der Waals surface area contributed by atoms with Gasteiger partial charge in [-0.25, -0.2) is 4.79 Å². The number of nitrogens with two attached hydrogens (primary N) is 1. The van der Waals surface area contributed by atoms with Gasteiger partial charge < -0.3 is 11.1 Å². The zero-order chi connectivity index (χ0) is 8.77. The number of hydrogen-bond donors (Lipinski definition) is 2. The van der Waals surface area contributed by atoms with Crippen molar-refractivity contribution in [1.82, 2.24) is 5.32 Å². The van der Waals surface area contributed by atoms with Crippen LogP contribution in [0, 0.1) is 11.8 Å². The summed E-state index contributed by atoms with van der Waals surface area (Å²) in [5.41, 5.74) is 5.15.